The van der Waals surface area contributed by atoms with Crippen molar-refractivity contribution >= 4 is 35.0 Å². The van der Waals surface area contributed by atoms with Gasteiger partial charge in [-0.3, -0.25) is 0 Å². The van der Waals surface area contributed by atoms with Crippen LogP contribution in [0.25, 0.3) is 0 Å². The van der Waals surface area contributed by atoms with Gasteiger partial charge >= 0.3 is 224 Å². The quantitative estimate of drug-likeness (QED) is 0.174. The van der Waals surface area contributed by atoms with Crippen LogP contribution in [0.1, 0.15) is 11.7 Å². The fraction of sp³-hybridized carbons (Fsp3) is 0.182. The number of amides is 1. The van der Waals surface area contributed by atoms with Gasteiger partial charge < -0.3 is 0 Å². The van der Waals surface area contributed by atoms with Crippen LogP contribution >= 0.6 is 0 Å². The second-order valence-electron chi connectivity index (χ2n) is 10.0. The molecule has 4 heteroatoms. The Kier molecular flexibility index (Phi) is 6.74. The summed E-state index contributed by atoms with van der Waals surface area (Å²) >= 11 is -3.60. The van der Waals surface area contributed by atoms with Gasteiger partial charge in [0.15, 0.2) is 0 Å². The zero-order chi connectivity index (χ0) is 25.2. The number of rotatable bonds is 8. The van der Waals surface area contributed by atoms with Gasteiger partial charge in [-0.05, 0) is 0 Å². The molecule has 0 radical (unpaired) electrons. The van der Waals surface area contributed by atoms with Crippen LogP contribution in [0, 0.1) is 5.92 Å². The third-order valence-electron chi connectivity index (χ3n) is 8.11. The SMILES string of the molecule is C=CCN1C(=O)[C@@H]2O[C@@H](c3ccccc3)[C@@H]([CH2][Sn]([c]3ccccc3)([c]3ccccc3)[c]3ccccc3)[C@@H]21. The zero-order valence-corrected chi connectivity index (χ0v) is 23.7. The number of benzene rings is 4. The van der Waals surface area contributed by atoms with Crippen LogP contribution in [0.5, 0.6) is 0 Å². The molecule has 0 aromatic heterocycles. The van der Waals surface area contributed by atoms with Crippen molar-refractivity contribution in [3.63, 3.8) is 0 Å². The average Bonchev–Trinajstić information content (AvgIpc) is 3.31. The Labute approximate surface area is 223 Å². The predicted octanol–water partition coefficient (Wildman–Crippen LogP) is 4.31. The van der Waals surface area contributed by atoms with Gasteiger partial charge in [0.1, 0.15) is 0 Å². The van der Waals surface area contributed by atoms with E-state index in [0.717, 1.165) is 10.0 Å². The van der Waals surface area contributed by atoms with Crippen molar-refractivity contribution in [2.24, 2.45) is 5.92 Å². The van der Waals surface area contributed by atoms with E-state index in [0.29, 0.717) is 6.54 Å². The Morgan fingerprint density at radius 3 is 1.62 bits per heavy atom. The molecule has 6 rings (SSSR count). The van der Waals surface area contributed by atoms with E-state index in [-0.39, 0.29) is 30.1 Å². The third-order valence-corrected chi connectivity index (χ3v) is 22.5. The van der Waals surface area contributed by atoms with Gasteiger partial charge in [-0.15, -0.1) is 0 Å². The van der Waals surface area contributed by atoms with Crippen molar-refractivity contribution in [2.75, 3.05) is 6.54 Å². The van der Waals surface area contributed by atoms with Crippen LogP contribution in [-0.4, -0.2) is 47.9 Å². The summed E-state index contributed by atoms with van der Waals surface area (Å²) in [5, 5.41) is 0. The molecular formula is C33H31NO2Sn. The molecule has 2 heterocycles. The molecule has 184 valence electrons. The molecule has 1 amide bonds. The van der Waals surface area contributed by atoms with Crippen LogP contribution < -0.4 is 10.7 Å². The van der Waals surface area contributed by atoms with Crippen LogP contribution in [0.3, 0.4) is 0 Å². The molecule has 0 bridgehead atoms. The van der Waals surface area contributed by atoms with Crippen LogP contribution in [0.4, 0.5) is 0 Å². The van der Waals surface area contributed by atoms with Gasteiger partial charge in [0.2, 0.25) is 0 Å². The van der Waals surface area contributed by atoms with E-state index in [4.69, 9.17) is 4.74 Å². The maximum absolute atomic E-state index is 13.1. The monoisotopic (exact) mass is 593 g/mol. The number of β-lactam (4-membered cyclic amide) rings is 1. The summed E-state index contributed by atoms with van der Waals surface area (Å²) in [4.78, 5) is 15.1. The Balaban J connectivity index is 1.55. The summed E-state index contributed by atoms with van der Waals surface area (Å²) in [7, 11) is 0. The van der Waals surface area contributed by atoms with Crippen molar-refractivity contribution in [1.82, 2.24) is 4.90 Å². The van der Waals surface area contributed by atoms with Crippen molar-refractivity contribution in [2.45, 2.75) is 22.7 Å². The van der Waals surface area contributed by atoms with Crippen molar-refractivity contribution < 1.29 is 9.53 Å². The number of carbonyl (C=O) groups excluding carboxylic acids is 1. The van der Waals surface area contributed by atoms with Crippen molar-refractivity contribution in [3.8, 4) is 0 Å². The first kappa shape index (κ1) is 24.2. The molecule has 0 aliphatic carbocycles. The average molecular weight is 592 g/mol. The van der Waals surface area contributed by atoms with Gasteiger partial charge in [-0.2, -0.15) is 0 Å². The molecule has 0 saturated carbocycles. The molecule has 0 N–H and O–H groups in total. The zero-order valence-electron chi connectivity index (χ0n) is 20.8. The van der Waals surface area contributed by atoms with E-state index in [1.807, 2.05) is 17.0 Å². The molecular weight excluding hydrogens is 561 g/mol. The van der Waals surface area contributed by atoms with Crippen LogP contribution in [0.2, 0.25) is 4.44 Å². The van der Waals surface area contributed by atoms with E-state index in [2.05, 4.69) is 122 Å². The number of fused-ring (bicyclic) bond motifs is 1. The number of hydrogen-bond acceptors (Lipinski definition) is 2. The fourth-order valence-electron chi connectivity index (χ4n) is 6.49. The van der Waals surface area contributed by atoms with Gasteiger partial charge in [-0.25, -0.2) is 0 Å². The molecule has 4 aromatic rings. The second kappa shape index (κ2) is 10.3. The third kappa shape index (κ3) is 4.14. The topological polar surface area (TPSA) is 29.5 Å². The molecule has 37 heavy (non-hydrogen) atoms. The summed E-state index contributed by atoms with van der Waals surface area (Å²) < 4.78 is 12.0. The van der Waals surface area contributed by atoms with E-state index in [1.165, 1.54) is 10.7 Å². The number of carbonyl (C=O) groups is 1. The van der Waals surface area contributed by atoms with E-state index in [9.17, 15) is 4.79 Å². The molecule has 2 fully saturated rings. The minimum absolute atomic E-state index is 0.0583. The molecule has 4 aromatic carbocycles. The molecule has 2 saturated heterocycles. The number of likely N-dealkylation sites (tertiary alicyclic amines) is 1. The van der Waals surface area contributed by atoms with Crippen molar-refractivity contribution in [1.29, 1.82) is 0 Å². The molecule has 0 spiro atoms. The Hall–Kier alpha value is -3.15. The normalized spacial score (nSPS) is 22.8. The fourth-order valence-corrected chi connectivity index (χ4v) is 21.2. The Morgan fingerprint density at radius 2 is 1.16 bits per heavy atom. The maximum atomic E-state index is 13.1. The number of nitrogens with zero attached hydrogens (tertiary/aromatic N) is 1. The van der Waals surface area contributed by atoms with Gasteiger partial charge in [0.05, 0.1) is 0 Å². The van der Waals surface area contributed by atoms with Crippen LogP contribution in [0.15, 0.2) is 134 Å². The molecule has 2 aliphatic heterocycles. The summed E-state index contributed by atoms with van der Waals surface area (Å²) in [5.74, 6) is 0.273. The molecule has 2 aliphatic rings. The van der Waals surface area contributed by atoms with Gasteiger partial charge in [0.25, 0.3) is 0 Å². The minimum atomic E-state index is -3.60. The number of hydrogen-bond donors (Lipinski definition) is 0. The van der Waals surface area contributed by atoms with E-state index in [1.54, 1.807) is 0 Å². The van der Waals surface area contributed by atoms with Crippen molar-refractivity contribution in [3.05, 3.63) is 140 Å². The summed E-state index contributed by atoms with van der Waals surface area (Å²) in [6.45, 7) is 4.49. The first-order valence-corrected chi connectivity index (χ1v) is 19.3. The first-order valence-electron chi connectivity index (χ1n) is 13.0. The summed E-state index contributed by atoms with van der Waals surface area (Å²) in [5.41, 5.74) is 1.16. The summed E-state index contributed by atoms with van der Waals surface area (Å²) in [6.07, 6.45) is 1.34. The molecule has 4 atom stereocenters. The van der Waals surface area contributed by atoms with E-state index < -0.39 is 18.4 Å². The molecule has 0 unspecified atom stereocenters. The van der Waals surface area contributed by atoms with E-state index >= 15 is 0 Å². The standard InChI is InChI=1S/C15H16NO2.3C6H5.Sn/c1-3-9-16-12-10(2)13(18-14(12)15(16)17)11-7-5-4-6-8-11;3*1-2-4-6-5-3-1;/h3-8,10,12-14H,1-2,9H2;3*1-5H;/t10-,12-,13+,14+;;;;/m0..../s1. The Morgan fingerprint density at radius 1 is 0.703 bits per heavy atom. The first-order chi connectivity index (χ1) is 18.2. The summed E-state index contributed by atoms with van der Waals surface area (Å²) in [6, 6.07) is 43.9. The van der Waals surface area contributed by atoms with Gasteiger partial charge in [0, 0.05) is 0 Å². The predicted molar refractivity (Wildman–Crippen MR) is 152 cm³/mol. The van der Waals surface area contributed by atoms with Crippen LogP contribution in [-0.2, 0) is 9.53 Å². The number of ether oxygens (including phenoxy) is 1. The second-order valence-corrected chi connectivity index (χ2v) is 21.3. The molecule has 3 nitrogen and oxygen atoms in total. The van der Waals surface area contributed by atoms with Gasteiger partial charge in [-0.1, -0.05) is 0 Å². The Bertz CT molecular complexity index is 1260.